The van der Waals surface area contributed by atoms with E-state index >= 15 is 0 Å². The molecule has 1 heterocycles. The number of benzene rings is 6. The van der Waals surface area contributed by atoms with Crippen LogP contribution in [-0.4, -0.2) is 0 Å². The molecule has 1 nitrogen and oxygen atoms in total. The third-order valence-electron chi connectivity index (χ3n) is 11.3. The van der Waals surface area contributed by atoms with E-state index in [1.165, 1.54) is 72.1 Å². The van der Waals surface area contributed by atoms with Gasteiger partial charge in [0.15, 0.2) is 0 Å². The molecular weight excluding hydrogens is 581 g/mol. The Kier molecular flexibility index (Phi) is 6.40. The van der Waals surface area contributed by atoms with Crippen LogP contribution in [-0.2, 0) is 19.3 Å². The lowest BCUT2D eigenvalue weighted by Crippen LogP contribution is -2.17. The van der Waals surface area contributed by atoms with Crippen LogP contribution in [0.25, 0.3) is 39.3 Å². The smallest absolute Gasteiger partial charge is 0.135 e. The highest BCUT2D eigenvalue weighted by Crippen LogP contribution is 2.51. The van der Waals surface area contributed by atoms with Crippen LogP contribution in [0.2, 0.25) is 0 Å². The number of hydrogen-bond acceptors (Lipinski definition) is 1. The van der Waals surface area contributed by atoms with Crippen molar-refractivity contribution >= 4 is 17.0 Å². The second kappa shape index (κ2) is 11.1. The molecule has 3 atom stereocenters. The summed E-state index contributed by atoms with van der Waals surface area (Å²) in [5.41, 5.74) is 17.9. The standard InChI is InChI=1S/C47H36O/c1-3-12-30(13-4-1)35-26-32-16-7-9-18-36(32)39-24-25-40-37-19-10-8-17-33(37)27-42(46(40)43(39)28-35)34-22-23-41-45(29-34)48-44-21-11-20-38(47(41)44)31-14-5-2-6-15-31/h1-19,21-25,29,35,38,42H,20,26-28H2/t35-,38?,42?/m1/s1. The molecule has 3 aliphatic rings. The molecule has 0 spiro atoms. The van der Waals surface area contributed by atoms with Crippen LogP contribution in [0.3, 0.4) is 0 Å². The molecule has 0 amide bonds. The highest BCUT2D eigenvalue weighted by Gasteiger charge is 2.34. The minimum atomic E-state index is 0.235. The Balaban J connectivity index is 1.17. The SMILES string of the molecule is C1=Cc2oc3cc(C4Cc5ccccc5-c5ccc6c(c54)C[C@H](c4ccccc4)Cc4ccccc4-6)ccc3c2C(c2ccccc2)C1. The van der Waals surface area contributed by atoms with Gasteiger partial charge < -0.3 is 4.42 Å². The van der Waals surface area contributed by atoms with Crippen LogP contribution in [0, 0.1) is 0 Å². The Bertz CT molecular complexity index is 2360. The summed E-state index contributed by atoms with van der Waals surface area (Å²) in [6.45, 7) is 0. The lowest BCUT2D eigenvalue weighted by Gasteiger charge is -2.32. The molecule has 0 radical (unpaired) electrons. The molecule has 0 saturated heterocycles. The van der Waals surface area contributed by atoms with Gasteiger partial charge >= 0.3 is 0 Å². The molecule has 10 rings (SSSR count). The first-order valence-electron chi connectivity index (χ1n) is 17.5. The van der Waals surface area contributed by atoms with E-state index in [2.05, 4.69) is 152 Å². The van der Waals surface area contributed by atoms with Crippen LogP contribution in [0.5, 0.6) is 0 Å². The fraction of sp³-hybridized carbons (Fsp3) is 0.149. The average Bonchev–Trinajstić information content (AvgIpc) is 3.44. The molecule has 6 aromatic carbocycles. The summed E-state index contributed by atoms with van der Waals surface area (Å²) in [6, 6.07) is 52.2. The summed E-state index contributed by atoms with van der Waals surface area (Å²) in [4.78, 5) is 0. The largest absolute Gasteiger partial charge is 0.456 e. The maximum Gasteiger partial charge on any atom is 0.135 e. The Hall–Kier alpha value is -5.40. The first-order valence-corrected chi connectivity index (χ1v) is 17.5. The fourth-order valence-corrected chi connectivity index (χ4v) is 9.11. The van der Waals surface area contributed by atoms with Gasteiger partial charge in [0.2, 0.25) is 0 Å². The summed E-state index contributed by atoms with van der Waals surface area (Å²) < 4.78 is 6.70. The Morgan fingerprint density at radius 1 is 0.479 bits per heavy atom. The average molecular weight is 617 g/mol. The van der Waals surface area contributed by atoms with Gasteiger partial charge in [0.05, 0.1) is 0 Å². The molecule has 0 bridgehead atoms. The Morgan fingerprint density at radius 3 is 1.94 bits per heavy atom. The third kappa shape index (κ3) is 4.38. The summed E-state index contributed by atoms with van der Waals surface area (Å²) >= 11 is 0. The summed E-state index contributed by atoms with van der Waals surface area (Å²) in [5.74, 6) is 1.97. The van der Waals surface area contributed by atoms with Gasteiger partial charge in [-0.15, -0.1) is 0 Å². The topological polar surface area (TPSA) is 13.1 Å². The Labute approximate surface area is 282 Å². The second-order valence-corrected chi connectivity index (χ2v) is 13.9. The molecule has 7 aromatic rings. The van der Waals surface area contributed by atoms with Gasteiger partial charge in [-0.1, -0.05) is 140 Å². The monoisotopic (exact) mass is 616 g/mol. The van der Waals surface area contributed by atoms with Crippen LogP contribution in [0.4, 0.5) is 0 Å². The fourth-order valence-electron chi connectivity index (χ4n) is 9.11. The maximum absolute atomic E-state index is 6.70. The third-order valence-corrected chi connectivity index (χ3v) is 11.3. The van der Waals surface area contributed by atoms with Crippen molar-refractivity contribution in [3.8, 4) is 22.3 Å². The van der Waals surface area contributed by atoms with Gasteiger partial charge in [0.1, 0.15) is 11.3 Å². The Morgan fingerprint density at radius 2 is 1.15 bits per heavy atom. The summed E-state index contributed by atoms with van der Waals surface area (Å²) in [5, 5.41) is 1.24. The predicted molar refractivity (Wildman–Crippen MR) is 198 cm³/mol. The zero-order chi connectivity index (χ0) is 31.6. The summed E-state index contributed by atoms with van der Waals surface area (Å²) in [6.07, 6.45) is 8.50. The number of furan rings is 1. The quantitative estimate of drug-likeness (QED) is 0.192. The maximum atomic E-state index is 6.70. The van der Waals surface area contributed by atoms with Crippen molar-refractivity contribution in [2.75, 3.05) is 0 Å². The number of fused-ring (bicyclic) bond motifs is 10. The molecule has 2 unspecified atom stereocenters. The van der Waals surface area contributed by atoms with Crippen LogP contribution >= 0.6 is 0 Å². The van der Waals surface area contributed by atoms with E-state index in [9.17, 15) is 0 Å². The molecule has 0 aliphatic heterocycles. The summed E-state index contributed by atoms with van der Waals surface area (Å²) in [7, 11) is 0. The van der Waals surface area contributed by atoms with Crippen molar-refractivity contribution in [2.45, 2.75) is 43.4 Å². The number of hydrogen-bond donors (Lipinski definition) is 0. The van der Waals surface area contributed by atoms with Crippen LogP contribution < -0.4 is 0 Å². The van der Waals surface area contributed by atoms with Gasteiger partial charge in [-0.25, -0.2) is 0 Å². The molecule has 0 N–H and O–H groups in total. The number of rotatable bonds is 3. The molecule has 0 fully saturated rings. The van der Waals surface area contributed by atoms with E-state index in [1.807, 2.05) is 0 Å². The van der Waals surface area contributed by atoms with Crippen molar-refractivity contribution < 1.29 is 4.42 Å². The van der Waals surface area contributed by atoms with Crippen molar-refractivity contribution in [1.82, 2.24) is 0 Å². The zero-order valence-corrected chi connectivity index (χ0v) is 26.9. The van der Waals surface area contributed by atoms with Crippen LogP contribution in [0.1, 0.15) is 74.4 Å². The van der Waals surface area contributed by atoms with Gasteiger partial charge in [0.25, 0.3) is 0 Å². The molecule has 230 valence electrons. The lowest BCUT2D eigenvalue weighted by molar-refractivity contribution is 0.588. The van der Waals surface area contributed by atoms with Crippen LogP contribution in [0.15, 0.2) is 150 Å². The first kappa shape index (κ1) is 27.7. The van der Waals surface area contributed by atoms with E-state index in [4.69, 9.17) is 4.42 Å². The molecule has 48 heavy (non-hydrogen) atoms. The van der Waals surface area contributed by atoms with E-state index in [0.29, 0.717) is 11.8 Å². The zero-order valence-electron chi connectivity index (χ0n) is 26.9. The lowest BCUT2D eigenvalue weighted by atomic mass is 9.71. The molecule has 3 aliphatic carbocycles. The minimum Gasteiger partial charge on any atom is -0.456 e. The van der Waals surface area contributed by atoms with Crippen molar-refractivity contribution in [2.24, 2.45) is 0 Å². The van der Waals surface area contributed by atoms with E-state index < -0.39 is 0 Å². The van der Waals surface area contributed by atoms with Crippen molar-refractivity contribution in [3.05, 3.63) is 196 Å². The molecule has 1 aromatic heterocycles. The van der Waals surface area contributed by atoms with Gasteiger partial charge in [-0.3, -0.25) is 0 Å². The van der Waals surface area contributed by atoms with Gasteiger partial charge in [0, 0.05) is 22.8 Å². The minimum absolute atomic E-state index is 0.235. The van der Waals surface area contributed by atoms with Gasteiger partial charge in [-0.2, -0.15) is 0 Å². The van der Waals surface area contributed by atoms with Gasteiger partial charge in [-0.05, 0) is 105 Å². The second-order valence-electron chi connectivity index (χ2n) is 13.9. The van der Waals surface area contributed by atoms with E-state index in [-0.39, 0.29) is 5.92 Å². The van der Waals surface area contributed by atoms with E-state index in [0.717, 1.165) is 37.0 Å². The molecular formula is C47H36O. The molecule has 1 heteroatoms. The normalized spacial score (nSPS) is 19.0. The van der Waals surface area contributed by atoms with E-state index in [1.54, 1.807) is 0 Å². The highest BCUT2D eigenvalue weighted by atomic mass is 16.3. The highest BCUT2D eigenvalue weighted by molar-refractivity contribution is 5.88. The number of allylic oxidation sites excluding steroid dienone is 1. The predicted octanol–water partition coefficient (Wildman–Crippen LogP) is 11.9. The molecule has 0 saturated carbocycles. The van der Waals surface area contributed by atoms with Crippen molar-refractivity contribution in [1.29, 1.82) is 0 Å². The first-order chi connectivity index (χ1) is 23.8. The van der Waals surface area contributed by atoms with Crippen molar-refractivity contribution in [3.63, 3.8) is 0 Å².